The van der Waals surface area contributed by atoms with Crippen LogP contribution in [-0.4, -0.2) is 36.5 Å². The summed E-state index contributed by atoms with van der Waals surface area (Å²) in [5, 5.41) is 5.97. The lowest BCUT2D eigenvalue weighted by Crippen LogP contribution is -2.38. The molecule has 3 amide bonds. The molecule has 2 fully saturated rings. The van der Waals surface area contributed by atoms with Crippen LogP contribution in [0, 0.1) is 5.41 Å². The van der Waals surface area contributed by atoms with Gasteiger partial charge in [-0.15, -0.1) is 0 Å². The average Bonchev–Trinajstić information content (AvgIpc) is 3.22. The highest BCUT2D eigenvalue weighted by Crippen LogP contribution is 2.38. The van der Waals surface area contributed by atoms with Crippen LogP contribution in [-0.2, 0) is 11.3 Å². The third kappa shape index (κ3) is 5.45. The fraction of sp³-hybridized carbons (Fsp3) is 0.619. The van der Waals surface area contributed by atoms with E-state index in [2.05, 4.69) is 10.6 Å². The van der Waals surface area contributed by atoms with Crippen LogP contribution in [0.2, 0.25) is 0 Å². The van der Waals surface area contributed by atoms with Gasteiger partial charge in [0.15, 0.2) is 0 Å². The van der Waals surface area contributed by atoms with Gasteiger partial charge in [-0.3, -0.25) is 4.79 Å². The zero-order chi connectivity index (χ0) is 19.1. The predicted molar refractivity (Wildman–Crippen MR) is 107 cm³/mol. The van der Waals surface area contributed by atoms with E-state index in [0.717, 1.165) is 50.0 Å². The molecule has 6 heteroatoms. The van der Waals surface area contributed by atoms with Gasteiger partial charge in [0.2, 0.25) is 5.91 Å². The predicted octanol–water partition coefficient (Wildman–Crippen LogP) is 3.23. The summed E-state index contributed by atoms with van der Waals surface area (Å²) in [6.07, 6.45) is 8.35. The molecule has 0 spiro atoms. The first kappa shape index (κ1) is 19.7. The van der Waals surface area contributed by atoms with Crippen LogP contribution in [0.5, 0.6) is 0 Å². The summed E-state index contributed by atoms with van der Waals surface area (Å²) < 4.78 is 0. The van der Waals surface area contributed by atoms with E-state index in [1.54, 1.807) is 0 Å². The number of amides is 3. The fourth-order valence-corrected chi connectivity index (χ4v) is 4.24. The number of nitrogens with one attached hydrogen (secondary N) is 2. The summed E-state index contributed by atoms with van der Waals surface area (Å²) in [6.45, 7) is 2.69. The number of urea groups is 1. The smallest absolute Gasteiger partial charge is 0.321 e. The van der Waals surface area contributed by atoms with Crippen molar-refractivity contribution in [3.05, 3.63) is 29.8 Å². The molecule has 1 aliphatic heterocycles. The zero-order valence-electron chi connectivity index (χ0n) is 16.1. The third-order valence-corrected chi connectivity index (χ3v) is 5.94. The van der Waals surface area contributed by atoms with E-state index in [1.807, 2.05) is 29.2 Å². The highest BCUT2D eigenvalue weighted by atomic mass is 16.2. The molecule has 1 aromatic rings. The number of nitrogens with two attached hydrogens (primary N) is 1. The minimum Gasteiger partial charge on any atom is -0.352 e. The number of anilines is 1. The molecule has 1 aromatic carbocycles. The number of likely N-dealkylation sites (tertiary alicyclic amines) is 1. The van der Waals surface area contributed by atoms with Crippen LogP contribution in [0.1, 0.15) is 56.9 Å². The molecule has 1 heterocycles. The van der Waals surface area contributed by atoms with Crippen molar-refractivity contribution in [3.8, 4) is 0 Å². The van der Waals surface area contributed by atoms with E-state index in [0.29, 0.717) is 19.5 Å². The maximum absolute atomic E-state index is 12.4. The van der Waals surface area contributed by atoms with Crippen molar-refractivity contribution < 1.29 is 9.59 Å². The van der Waals surface area contributed by atoms with E-state index in [4.69, 9.17) is 5.73 Å². The Hall–Kier alpha value is -2.08. The maximum atomic E-state index is 12.4. The Morgan fingerprint density at radius 1 is 1.07 bits per heavy atom. The third-order valence-electron chi connectivity index (χ3n) is 5.94. The Bertz CT molecular complexity index is 649. The summed E-state index contributed by atoms with van der Waals surface area (Å²) in [7, 11) is 0. The first-order valence-electron chi connectivity index (χ1n) is 10.2. The van der Waals surface area contributed by atoms with E-state index in [-0.39, 0.29) is 17.4 Å². The highest BCUT2D eigenvalue weighted by Gasteiger charge is 2.32. The molecule has 27 heavy (non-hydrogen) atoms. The minimum absolute atomic E-state index is 0.0200. The molecule has 148 valence electrons. The summed E-state index contributed by atoms with van der Waals surface area (Å²) in [6, 6.07) is 7.63. The van der Waals surface area contributed by atoms with E-state index in [9.17, 15) is 9.59 Å². The van der Waals surface area contributed by atoms with Gasteiger partial charge < -0.3 is 21.3 Å². The minimum atomic E-state index is -0.0455. The second kappa shape index (κ2) is 9.22. The Morgan fingerprint density at radius 3 is 2.52 bits per heavy atom. The van der Waals surface area contributed by atoms with E-state index in [1.165, 1.54) is 19.3 Å². The second-order valence-corrected chi connectivity index (χ2v) is 8.04. The van der Waals surface area contributed by atoms with Crippen LogP contribution >= 0.6 is 0 Å². The average molecular weight is 373 g/mol. The Labute approximate surface area is 161 Å². The van der Waals surface area contributed by atoms with Gasteiger partial charge >= 0.3 is 6.03 Å². The van der Waals surface area contributed by atoms with Crippen molar-refractivity contribution >= 4 is 17.6 Å². The fourth-order valence-electron chi connectivity index (χ4n) is 4.24. The van der Waals surface area contributed by atoms with Crippen molar-refractivity contribution in [1.82, 2.24) is 10.2 Å². The quantitative estimate of drug-likeness (QED) is 0.716. The molecular formula is C21H32N4O2. The molecule has 1 saturated carbocycles. The van der Waals surface area contributed by atoms with Crippen LogP contribution in [0.4, 0.5) is 10.5 Å². The van der Waals surface area contributed by atoms with E-state index >= 15 is 0 Å². The Morgan fingerprint density at radius 2 is 1.81 bits per heavy atom. The SMILES string of the molecule is NCC1(CC(=O)NCc2cccc(NC(=O)N3CCCC3)c2)CCCCC1. The number of hydrogen-bond donors (Lipinski definition) is 3. The molecule has 4 N–H and O–H groups in total. The first-order chi connectivity index (χ1) is 13.1. The van der Waals surface area contributed by atoms with Crippen molar-refractivity contribution in [2.45, 2.75) is 57.9 Å². The van der Waals surface area contributed by atoms with Gasteiger partial charge in [-0.2, -0.15) is 0 Å². The number of hydrogen-bond acceptors (Lipinski definition) is 3. The largest absolute Gasteiger partial charge is 0.352 e. The summed E-state index contributed by atoms with van der Waals surface area (Å²) in [4.78, 5) is 26.5. The molecule has 0 bridgehead atoms. The van der Waals surface area contributed by atoms with Crippen molar-refractivity contribution in [1.29, 1.82) is 0 Å². The van der Waals surface area contributed by atoms with Crippen molar-refractivity contribution in [3.63, 3.8) is 0 Å². The summed E-state index contributed by atoms with van der Waals surface area (Å²) in [5.74, 6) is 0.0638. The molecule has 0 aromatic heterocycles. The number of carbonyl (C=O) groups excluding carboxylic acids is 2. The lowest BCUT2D eigenvalue weighted by molar-refractivity contribution is -0.124. The van der Waals surface area contributed by atoms with Gasteiger partial charge in [0.25, 0.3) is 0 Å². The molecule has 0 atom stereocenters. The van der Waals surface area contributed by atoms with Crippen LogP contribution < -0.4 is 16.4 Å². The molecular weight excluding hydrogens is 340 g/mol. The zero-order valence-corrected chi connectivity index (χ0v) is 16.1. The van der Waals surface area contributed by atoms with Crippen LogP contribution in [0.25, 0.3) is 0 Å². The van der Waals surface area contributed by atoms with Gasteiger partial charge in [-0.1, -0.05) is 31.4 Å². The monoisotopic (exact) mass is 372 g/mol. The van der Waals surface area contributed by atoms with Crippen LogP contribution in [0.3, 0.4) is 0 Å². The van der Waals surface area contributed by atoms with Crippen molar-refractivity contribution in [2.75, 3.05) is 25.0 Å². The van der Waals surface area contributed by atoms with E-state index < -0.39 is 0 Å². The standard InChI is InChI=1S/C21H32N4O2/c22-16-21(9-2-1-3-10-21)14-19(26)23-15-17-7-6-8-18(13-17)24-20(27)25-11-4-5-12-25/h6-8,13H,1-5,9-12,14-16,22H2,(H,23,26)(H,24,27). The second-order valence-electron chi connectivity index (χ2n) is 8.04. The molecule has 3 rings (SSSR count). The molecule has 0 radical (unpaired) electrons. The molecule has 1 aliphatic carbocycles. The van der Waals surface area contributed by atoms with Gasteiger partial charge in [0.05, 0.1) is 0 Å². The maximum Gasteiger partial charge on any atom is 0.321 e. The number of benzene rings is 1. The normalized spacial score (nSPS) is 18.9. The Balaban J connectivity index is 1.50. The molecule has 6 nitrogen and oxygen atoms in total. The lowest BCUT2D eigenvalue weighted by Gasteiger charge is -2.35. The van der Waals surface area contributed by atoms with Gasteiger partial charge in [0.1, 0.15) is 0 Å². The highest BCUT2D eigenvalue weighted by molar-refractivity contribution is 5.89. The van der Waals surface area contributed by atoms with Crippen LogP contribution in [0.15, 0.2) is 24.3 Å². The number of carbonyl (C=O) groups is 2. The number of nitrogens with zero attached hydrogens (tertiary/aromatic N) is 1. The first-order valence-corrected chi connectivity index (χ1v) is 10.2. The Kier molecular flexibility index (Phi) is 6.72. The van der Waals surface area contributed by atoms with Crippen molar-refractivity contribution in [2.24, 2.45) is 11.1 Å². The topological polar surface area (TPSA) is 87.5 Å². The lowest BCUT2D eigenvalue weighted by atomic mass is 9.71. The van der Waals surface area contributed by atoms with Gasteiger partial charge in [-0.25, -0.2) is 4.79 Å². The van der Waals surface area contributed by atoms with Gasteiger partial charge in [-0.05, 0) is 55.3 Å². The molecule has 1 saturated heterocycles. The molecule has 0 unspecified atom stereocenters. The summed E-state index contributed by atoms with van der Waals surface area (Å²) >= 11 is 0. The summed E-state index contributed by atoms with van der Waals surface area (Å²) in [5.41, 5.74) is 7.72. The molecule has 2 aliphatic rings. The number of rotatable bonds is 6. The van der Waals surface area contributed by atoms with Gasteiger partial charge in [0, 0.05) is 31.7 Å².